The van der Waals surface area contributed by atoms with E-state index in [1.807, 2.05) is 6.92 Å². The molecule has 0 saturated carbocycles. The minimum Gasteiger partial charge on any atom is -0.480 e. The highest BCUT2D eigenvalue weighted by atomic mass is 32.2. The number of benzene rings is 1. The van der Waals surface area contributed by atoms with E-state index >= 15 is 0 Å². The number of amides is 1. The number of carboxylic acids is 1. The summed E-state index contributed by atoms with van der Waals surface area (Å²) in [4.78, 5) is 23.1. The van der Waals surface area contributed by atoms with Gasteiger partial charge in [0.2, 0.25) is 10.0 Å². The van der Waals surface area contributed by atoms with Crippen molar-refractivity contribution in [1.29, 1.82) is 0 Å². The number of aliphatic carboxylic acids is 1. The molecule has 7 nitrogen and oxygen atoms in total. The zero-order valence-corrected chi connectivity index (χ0v) is 14.2. The highest BCUT2D eigenvalue weighted by Gasteiger charge is 2.20. The van der Waals surface area contributed by atoms with E-state index in [4.69, 9.17) is 5.11 Å². The quantitative estimate of drug-likeness (QED) is 0.660. The number of nitrogens with one attached hydrogen (secondary N) is 2. The summed E-state index contributed by atoms with van der Waals surface area (Å²) in [5.74, 6) is -1.65. The van der Waals surface area contributed by atoms with Crippen molar-refractivity contribution in [3.8, 4) is 0 Å². The van der Waals surface area contributed by atoms with Gasteiger partial charge in [-0.15, -0.1) is 0 Å². The number of carboxylic acid groups (broad SMARTS) is 1. The van der Waals surface area contributed by atoms with Crippen LogP contribution in [0.15, 0.2) is 29.2 Å². The second-order valence-corrected chi connectivity index (χ2v) is 7.17. The molecule has 0 aliphatic heterocycles. The third-order valence-corrected chi connectivity index (χ3v) is 4.67. The number of rotatable bonds is 8. The first-order valence-electron chi connectivity index (χ1n) is 7.33. The fourth-order valence-corrected chi connectivity index (χ4v) is 3.20. The molecule has 1 rings (SSSR count). The van der Waals surface area contributed by atoms with Crippen LogP contribution in [0.2, 0.25) is 0 Å². The molecule has 1 amide bonds. The monoisotopic (exact) mass is 342 g/mol. The SMILES string of the molecule is CCCC(NC(=O)c1ccc(S(=O)(=O)NC(C)C)cc1)C(=O)O. The second-order valence-electron chi connectivity index (χ2n) is 5.45. The fraction of sp³-hybridized carbons (Fsp3) is 0.467. The van der Waals surface area contributed by atoms with E-state index in [9.17, 15) is 18.0 Å². The van der Waals surface area contributed by atoms with Crippen LogP contribution in [0, 0.1) is 0 Å². The molecule has 8 heteroatoms. The highest BCUT2D eigenvalue weighted by Crippen LogP contribution is 2.11. The van der Waals surface area contributed by atoms with Crippen molar-refractivity contribution in [3.63, 3.8) is 0 Å². The van der Waals surface area contributed by atoms with Crippen LogP contribution >= 0.6 is 0 Å². The molecule has 0 radical (unpaired) electrons. The fourth-order valence-electron chi connectivity index (χ4n) is 1.95. The van der Waals surface area contributed by atoms with E-state index in [2.05, 4.69) is 10.0 Å². The first kappa shape index (κ1) is 19.1. The standard InChI is InChI=1S/C15H22N2O5S/c1-4-5-13(15(19)20)16-14(18)11-6-8-12(9-7-11)23(21,22)17-10(2)3/h6-10,13,17H,4-5H2,1-3H3,(H,16,18)(H,19,20). The molecule has 0 spiro atoms. The predicted octanol–water partition coefficient (Wildman–Crippen LogP) is 1.36. The first-order chi connectivity index (χ1) is 10.7. The van der Waals surface area contributed by atoms with Gasteiger partial charge in [-0.25, -0.2) is 17.9 Å². The topological polar surface area (TPSA) is 113 Å². The van der Waals surface area contributed by atoms with Crippen LogP contribution in [0.4, 0.5) is 0 Å². The Bertz CT molecular complexity index is 653. The second kappa shape index (κ2) is 8.07. The summed E-state index contributed by atoms with van der Waals surface area (Å²) in [5, 5.41) is 11.5. The van der Waals surface area contributed by atoms with Gasteiger partial charge in [-0.3, -0.25) is 4.79 Å². The Labute approximate surface area is 136 Å². The summed E-state index contributed by atoms with van der Waals surface area (Å²) in [6.07, 6.45) is 0.946. The van der Waals surface area contributed by atoms with Crippen molar-refractivity contribution < 1.29 is 23.1 Å². The average molecular weight is 342 g/mol. The zero-order chi connectivity index (χ0) is 17.6. The van der Waals surface area contributed by atoms with E-state index in [1.165, 1.54) is 24.3 Å². The molecule has 1 aromatic carbocycles. The number of carbonyl (C=O) groups excluding carboxylic acids is 1. The van der Waals surface area contributed by atoms with Gasteiger partial charge in [0, 0.05) is 11.6 Å². The lowest BCUT2D eigenvalue weighted by Crippen LogP contribution is -2.40. The summed E-state index contributed by atoms with van der Waals surface area (Å²) in [5.41, 5.74) is 0.204. The van der Waals surface area contributed by atoms with Crippen LogP contribution in [0.3, 0.4) is 0 Å². The Balaban J connectivity index is 2.87. The van der Waals surface area contributed by atoms with Crippen molar-refractivity contribution in [2.24, 2.45) is 0 Å². The highest BCUT2D eigenvalue weighted by molar-refractivity contribution is 7.89. The molecule has 0 aliphatic carbocycles. The molecule has 3 N–H and O–H groups in total. The van der Waals surface area contributed by atoms with Gasteiger partial charge in [-0.2, -0.15) is 0 Å². The van der Waals surface area contributed by atoms with E-state index in [0.29, 0.717) is 12.8 Å². The molecule has 0 aromatic heterocycles. The Kier molecular flexibility index (Phi) is 6.71. The average Bonchev–Trinajstić information content (AvgIpc) is 2.45. The van der Waals surface area contributed by atoms with E-state index < -0.39 is 27.9 Å². The number of hydrogen-bond acceptors (Lipinski definition) is 4. The molecular formula is C15H22N2O5S. The van der Waals surface area contributed by atoms with Crippen LogP contribution in [0.1, 0.15) is 44.0 Å². The van der Waals surface area contributed by atoms with Gasteiger partial charge in [0.05, 0.1) is 4.90 Å². The molecular weight excluding hydrogens is 320 g/mol. The first-order valence-corrected chi connectivity index (χ1v) is 8.81. The molecule has 0 saturated heterocycles. The van der Waals surface area contributed by atoms with Crippen LogP contribution in [0.5, 0.6) is 0 Å². The lowest BCUT2D eigenvalue weighted by molar-refractivity contribution is -0.139. The molecule has 128 valence electrons. The van der Waals surface area contributed by atoms with Gasteiger partial charge in [0.25, 0.3) is 5.91 Å². The van der Waals surface area contributed by atoms with Gasteiger partial charge in [0.15, 0.2) is 0 Å². The summed E-state index contributed by atoms with van der Waals surface area (Å²) < 4.78 is 26.4. The van der Waals surface area contributed by atoms with Crippen LogP contribution in [0.25, 0.3) is 0 Å². The number of sulfonamides is 1. The molecule has 0 heterocycles. The third kappa shape index (κ3) is 5.65. The van der Waals surface area contributed by atoms with Crippen molar-refractivity contribution in [3.05, 3.63) is 29.8 Å². The minimum atomic E-state index is -3.62. The van der Waals surface area contributed by atoms with E-state index in [0.717, 1.165) is 0 Å². The largest absolute Gasteiger partial charge is 0.480 e. The molecule has 1 aromatic rings. The maximum atomic E-state index is 12.0. The maximum Gasteiger partial charge on any atom is 0.326 e. The summed E-state index contributed by atoms with van der Waals surface area (Å²) in [7, 11) is -3.62. The minimum absolute atomic E-state index is 0.0473. The summed E-state index contributed by atoms with van der Waals surface area (Å²) in [6.45, 7) is 5.24. The molecule has 0 fully saturated rings. The smallest absolute Gasteiger partial charge is 0.326 e. The molecule has 1 atom stereocenters. The van der Waals surface area contributed by atoms with Gasteiger partial charge >= 0.3 is 5.97 Å². The van der Waals surface area contributed by atoms with Crippen LogP contribution in [-0.2, 0) is 14.8 Å². The van der Waals surface area contributed by atoms with Crippen molar-refractivity contribution >= 4 is 21.9 Å². The van der Waals surface area contributed by atoms with Gasteiger partial charge in [-0.05, 0) is 44.5 Å². The predicted molar refractivity (Wildman–Crippen MR) is 85.7 cm³/mol. The maximum absolute atomic E-state index is 12.0. The zero-order valence-electron chi connectivity index (χ0n) is 13.4. The molecule has 0 aliphatic rings. The van der Waals surface area contributed by atoms with Crippen LogP contribution in [-0.4, -0.2) is 37.5 Å². The molecule has 1 unspecified atom stereocenters. The summed E-state index contributed by atoms with van der Waals surface area (Å²) in [6, 6.07) is 4.14. The lowest BCUT2D eigenvalue weighted by Gasteiger charge is -2.14. The molecule has 0 bridgehead atoms. The van der Waals surface area contributed by atoms with Crippen molar-refractivity contribution in [1.82, 2.24) is 10.0 Å². The van der Waals surface area contributed by atoms with Crippen molar-refractivity contribution in [2.75, 3.05) is 0 Å². The Morgan fingerprint density at radius 2 is 1.74 bits per heavy atom. The van der Waals surface area contributed by atoms with Gasteiger partial charge in [-0.1, -0.05) is 13.3 Å². The third-order valence-electron chi connectivity index (χ3n) is 3.00. The normalized spacial score (nSPS) is 12.9. The van der Waals surface area contributed by atoms with Gasteiger partial charge < -0.3 is 10.4 Å². The molecule has 23 heavy (non-hydrogen) atoms. The Hall–Kier alpha value is -1.93. The van der Waals surface area contributed by atoms with Crippen molar-refractivity contribution in [2.45, 2.75) is 50.6 Å². The van der Waals surface area contributed by atoms with Crippen LogP contribution < -0.4 is 10.0 Å². The van der Waals surface area contributed by atoms with E-state index in [-0.39, 0.29) is 16.5 Å². The van der Waals surface area contributed by atoms with Gasteiger partial charge in [0.1, 0.15) is 6.04 Å². The Morgan fingerprint density at radius 3 is 2.17 bits per heavy atom. The van der Waals surface area contributed by atoms with E-state index in [1.54, 1.807) is 13.8 Å². The number of carbonyl (C=O) groups is 2. The lowest BCUT2D eigenvalue weighted by atomic mass is 10.1. The Morgan fingerprint density at radius 1 is 1.17 bits per heavy atom. The number of hydrogen-bond donors (Lipinski definition) is 3. The summed E-state index contributed by atoms with van der Waals surface area (Å²) >= 11 is 0.